The number of unbranched alkanes of at least 4 members (excludes halogenated alkanes) is 4. The largest absolute Gasteiger partial charge is 0.456 e. The summed E-state index contributed by atoms with van der Waals surface area (Å²) < 4.78 is 38.5. The van der Waals surface area contributed by atoms with Crippen LogP contribution in [0.25, 0.3) is 19.4 Å². The minimum atomic E-state index is -1.23. The molecule has 2 aliphatic rings. The Kier molecular flexibility index (Phi) is 33.4. The second-order valence-corrected chi connectivity index (χ2v) is 19.8. The molecule has 18 nitrogen and oxygen atoms in total. The van der Waals surface area contributed by atoms with Gasteiger partial charge in [-0.2, -0.15) is 0 Å². The smallest absolute Gasteiger partial charge is 0.329 e. The predicted molar refractivity (Wildman–Crippen MR) is 256 cm³/mol. The van der Waals surface area contributed by atoms with Gasteiger partial charge in [-0.25, -0.2) is 45.2 Å². The van der Waals surface area contributed by atoms with Crippen molar-refractivity contribution in [2.24, 2.45) is 0 Å². The Balaban J connectivity index is 0.000000660. The van der Waals surface area contributed by atoms with Gasteiger partial charge in [0.05, 0.1) is 13.2 Å². The van der Waals surface area contributed by atoms with Gasteiger partial charge >= 0.3 is 11.9 Å². The van der Waals surface area contributed by atoms with E-state index in [9.17, 15) is 19.2 Å². The Bertz CT molecular complexity index is 1450. The van der Waals surface area contributed by atoms with Gasteiger partial charge in [0.25, 0.3) is 17.1 Å². The highest BCUT2D eigenvalue weighted by Crippen LogP contribution is 2.47. The SMILES string of the molecule is [C-]#[N+]CCOC(=O)[C@@H]1CCCN1C(=O)CCCCCOP(OCC[N+]#[C-])N(C(C)C)C(C)C.[C-]#[N+]CCOC(=O)[C@H]1CCCN1C(=O)CCCCCOP(OCC[N+]#[C-])N(C(C)C)C(C)C. The molecule has 0 aromatic rings. The molecule has 2 unspecified atom stereocenters. The maximum absolute atomic E-state index is 12.6. The fourth-order valence-corrected chi connectivity index (χ4v) is 10.7. The average Bonchev–Trinajstić information content (AvgIpc) is 3.97. The summed E-state index contributed by atoms with van der Waals surface area (Å²) in [5.74, 6) is -0.833. The molecular weight excluding hydrogens is 886 g/mol. The monoisotopic (exact) mass is 965 g/mol. The van der Waals surface area contributed by atoms with Gasteiger partial charge in [-0.15, -0.1) is 0 Å². The van der Waals surface area contributed by atoms with E-state index < -0.39 is 41.1 Å². The Labute approximate surface area is 398 Å². The molecule has 66 heavy (non-hydrogen) atoms. The maximum Gasteiger partial charge on any atom is 0.329 e. The molecule has 2 amide bonds. The van der Waals surface area contributed by atoms with Crippen LogP contribution in [0, 0.1) is 26.3 Å². The van der Waals surface area contributed by atoms with Crippen LogP contribution in [-0.4, -0.2) is 158 Å². The zero-order valence-electron chi connectivity index (χ0n) is 41.0. The van der Waals surface area contributed by atoms with Gasteiger partial charge in [-0.1, -0.05) is 12.8 Å². The van der Waals surface area contributed by atoms with Crippen LogP contribution in [-0.2, 0) is 46.7 Å². The van der Waals surface area contributed by atoms with Gasteiger partial charge in [-0.05, 0) is 107 Å². The van der Waals surface area contributed by atoms with Crippen molar-refractivity contribution in [2.75, 3.05) is 78.9 Å². The molecule has 0 N–H and O–H groups in total. The number of likely N-dealkylation sites (tertiary alicyclic amines) is 2. The van der Waals surface area contributed by atoms with Crippen LogP contribution < -0.4 is 0 Å². The molecule has 0 aliphatic carbocycles. The van der Waals surface area contributed by atoms with Crippen LogP contribution in [0.2, 0.25) is 0 Å². The third kappa shape index (κ3) is 24.0. The van der Waals surface area contributed by atoms with Gasteiger partial charge in [0, 0.05) is 50.1 Å². The molecule has 0 saturated carbocycles. The van der Waals surface area contributed by atoms with Crippen LogP contribution in [0.1, 0.15) is 132 Å². The molecule has 2 heterocycles. The highest BCUT2D eigenvalue weighted by molar-refractivity contribution is 7.44. The molecule has 2 aliphatic heterocycles. The summed E-state index contributed by atoms with van der Waals surface area (Å²) in [6.07, 6.45) is 8.38. The third-order valence-electron chi connectivity index (χ3n) is 10.4. The van der Waals surface area contributed by atoms with Gasteiger partial charge in [0.15, 0.2) is 13.2 Å². The first-order chi connectivity index (χ1) is 31.7. The van der Waals surface area contributed by atoms with Crippen molar-refractivity contribution in [3.63, 3.8) is 0 Å². The van der Waals surface area contributed by atoms with Crippen molar-refractivity contribution >= 4 is 40.8 Å². The first-order valence-corrected chi connectivity index (χ1v) is 25.9. The Morgan fingerprint density at radius 1 is 0.500 bits per heavy atom. The second kappa shape index (κ2) is 36.5. The maximum atomic E-state index is 12.6. The Morgan fingerprint density at radius 2 is 0.818 bits per heavy atom. The van der Waals surface area contributed by atoms with Crippen LogP contribution >= 0.6 is 17.1 Å². The van der Waals surface area contributed by atoms with E-state index in [4.69, 9.17) is 53.9 Å². The van der Waals surface area contributed by atoms with Crippen molar-refractivity contribution in [2.45, 2.75) is 169 Å². The minimum Gasteiger partial charge on any atom is -0.456 e. The van der Waals surface area contributed by atoms with Gasteiger partial charge in [0.1, 0.15) is 25.3 Å². The number of carbonyl (C=O) groups is 4. The molecule has 0 aromatic heterocycles. The number of rotatable bonds is 32. The molecule has 20 heteroatoms. The minimum absolute atomic E-state index is 0.0175. The number of nitrogens with zero attached hydrogens (tertiary/aromatic N) is 8. The van der Waals surface area contributed by atoms with Gasteiger partial charge < -0.3 is 56.7 Å². The summed E-state index contributed by atoms with van der Waals surface area (Å²) in [5.41, 5.74) is 0. The lowest BCUT2D eigenvalue weighted by Crippen LogP contribution is -2.41. The number of amides is 2. The molecule has 2 rings (SSSR count). The molecule has 0 radical (unpaired) electrons. The van der Waals surface area contributed by atoms with Crippen LogP contribution in [0.15, 0.2) is 0 Å². The standard InChI is InChI=1S/2C23H39N4O5P/c2*1-19(2)27(20(3)4)33(32-18-14-25-6)31-16-9-7-8-12-22(28)26-15-10-11-21(26)23(29)30-17-13-24-5/h2*19-21H,7-18H2,1-4H3/t2*21-,33?/m10/s1. The van der Waals surface area contributed by atoms with E-state index in [0.717, 1.165) is 51.4 Å². The van der Waals surface area contributed by atoms with Crippen molar-refractivity contribution in [1.82, 2.24) is 19.1 Å². The van der Waals surface area contributed by atoms with Gasteiger partial charge in [0.2, 0.25) is 38.0 Å². The lowest BCUT2D eigenvalue weighted by Gasteiger charge is -2.35. The van der Waals surface area contributed by atoms with E-state index in [1.165, 1.54) is 0 Å². The molecule has 372 valence electrons. The lowest BCUT2D eigenvalue weighted by molar-refractivity contribution is -0.153. The number of hydrogen-bond donors (Lipinski definition) is 0. The highest BCUT2D eigenvalue weighted by Gasteiger charge is 2.36. The number of ether oxygens (including phenoxy) is 2. The Morgan fingerprint density at radius 3 is 1.14 bits per heavy atom. The first kappa shape index (κ1) is 60.5. The van der Waals surface area contributed by atoms with Crippen molar-refractivity contribution in [1.29, 1.82) is 0 Å². The van der Waals surface area contributed by atoms with E-state index in [2.05, 4.69) is 84.1 Å². The zero-order valence-corrected chi connectivity index (χ0v) is 42.8. The average molecular weight is 965 g/mol. The summed E-state index contributed by atoms with van der Waals surface area (Å²) in [4.78, 5) is 65.9. The van der Waals surface area contributed by atoms with Crippen LogP contribution in [0.5, 0.6) is 0 Å². The summed E-state index contributed by atoms with van der Waals surface area (Å²) in [6, 6.07) is 0.0408. The number of hydrogen-bond acceptors (Lipinski definition) is 12. The summed E-state index contributed by atoms with van der Waals surface area (Å²) >= 11 is 0. The van der Waals surface area contributed by atoms with E-state index in [0.29, 0.717) is 78.3 Å². The van der Waals surface area contributed by atoms with Crippen molar-refractivity contribution in [3.05, 3.63) is 45.7 Å². The molecule has 0 spiro atoms. The number of esters is 2. The highest BCUT2D eigenvalue weighted by atomic mass is 31.2. The first-order valence-electron chi connectivity index (χ1n) is 23.6. The molecule has 2 saturated heterocycles. The third-order valence-corrected chi connectivity index (χ3v) is 14.6. The van der Waals surface area contributed by atoms with Gasteiger partial charge in [-0.3, -0.25) is 9.59 Å². The fourth-order valence-electron chi connectivity index (χ4n) is 7.50. The van der Waals surface area contributed by atoms with E-state index in [1.54, 1.807) is 9.80 Å². The summed E-state index contributed by atoms with van der Waals surface area (Å²) in [7, 11) is -2.46. The van der Waals surface area contributed by atoms with Crippen LogP contribution in [0.4, 0.5) is 0 Å². The number of carbonyl (C=O) groups excluding carboxylic acids is 4. The molecular formula is C46H78N8O10P2. The Hall–Kier alpha value is -3.54. The molecule has 4 atom stereocenters. The second-order valence-electron chi connectivity index (χ2n) is 16.9. The van der Waals surface area contributed by atoms with Crippen molar-refractivity contribution < 1.29 is 46.7 Å². The molecule has 2 fully saturated rings. The predicted octanol–water partition coefficient (Wildman–Crippen LogP) is 8.60. The molecule has 0 bridgehead atoms. The topological polar surface area (TPSA) is 154 Å². The lowest BCUT2D eigenvalue weighted by atomic mass is 10.1. The van der Waals surface area contributed by atoms with E-state index >= 15 is 0 Å². The van der Waals surface area contributed by atoms with E-state index in [-0.39, 0.29) is 62.3 Å². The summed E-state index contributed by atoms with van der Waals surface area (Å²) in [6.45, 7) is 48.3. The van der Waals surface area contributed by atoms with E-state index in [1.807, 2.05) is 0 Å². The quantitative estimate of drug-likeness (QED) is 0.0275. The molecule has 0 aromatic carbocycles. The fraction of sp³-hybridized carbons (Fsp3) is 0.826. The normalized spacial score (nSPS) is 16.8. The van der Waals surface area contributed by atoms with Crippen LogP contribution in [0.3, 0.4) is 0 Å². The van der Waals surface area contributed by atoms with Crippen molar-refractivity contribution in [3.8, 4) is 0 Å². The summed E-state index contributed by atoms with van der Waals surface area (Å²) in [5, 5.41) is 0. The zero-order chi connectivity index (χ0) is 49.3.